The molecule has 1 aliphatic rings. The monoisotopic (exact) mass is 304 g/mol. The summed E-state index contributed by atoms with van der Waals surface area (Å²) in [5, 5.41) is 8.91. The van der Waals surface area contributed by atoms with E-state index in [1.165, 1.54) is 0 Å². The highest BCUT2D eigenvalue weighted by atomic mass is 16.2. The predicted octanol–water partition coefficient (Wildman–Crippen LogP) is 1.85. The summed E-state index contributed by atoms with van der Waals surface area (Å²) in [6.45, 7) is 8.03. The molecule has 1 aliphatic heterocycles. The van der Waals surface area contributed by atoms with Crippen LogP contribution < -0.4 is 20.9 Å². The first-order valence-corrected chi connectivity index (χ1v) is 7.66. The Bertz CT molecular complexity index is 557. The fourth-order valence-corrected chi connectivity index (χ4v) is 2.36. The summed E-state index contributed by atoms with van der Waals surface area (Å²) < 4.78 is 0. The number of benzene rings is 1. The van der Waals surface area contributed by atoms with Gasteiger partial charge in [-0.2, -0.15) is 0 Å². The van der Waals surface area contributed by atoms with E-state index in [4.69, 9.17) is 0 Å². The minimum absolute atomic E-state index is 0.0112. The molecule has 0 bridgehead atoms. The number of aryl methyl sites for hydroxylation is 1. The number of urea groups is 1. The lowest BCUT2D eigenvalue weighted by molar-refractivity contribution is -0.116. The minimum Gasteiger partial charge on any atom is -0.336 e. The van der Waals surface area contributed by atoms with E-state index in [1.807, 2.05) is 25.1 Å². The molecule has 0 saturated carbocycles. The van der Waals surface area contributed by atoms with Crippen molar-refractivity contribution in [3.8, 4) is 0 Å². The van der Waals surface area contributed by atoms with Gasteiger partial charge in [0.1, 0.15) is 0 Å². The van der Waals surface area contributed by atoms with E-state index in [1.54, 1.807) is 4.90 Å². The van der Waals surface area contributed by atoms with Gasteiger partial charge >= 0.3 is 6.03 Å². The molecule has 0 aliphatic carbocycles. The molecule has 1 saturated heterocycles. The second-order valence-electron chi connectivity index (χ2n) is 5.79. The van der Waals surface area contributed by atoms with Crippen molar-refractivity contribution in [2.75, 3.05) is 29.9 Å². The molecular weight excluding hydrogens is 280 g/mol. The highest BCUT2D eigenvalue weighted by Crippen LogP contribution is 2.23. The van der Waals surface area contributed by atoms with Gasteiger partial charge in [0.15, 0.2) is 0 Å². The molecule has 3 N–H and O–H groups in total. The van der Waals surface area contributed by atoms with Crippen LogP contribution in [0.15, 0.2) is 18.2 Å². The first-order valence-electron chi connectivity index (χ1n) is 7.66. The van der Waals surface area contributed by atoms with Gasteiger partial charge < -0.3 is 16.0 Å². The fraction of sp³-hybridized carbons (Fsp3) is 0.500. The second-order valence-corrected chi connectivity index (χ2v) is 5.79. The molecule has 1 aromatic rings. The van der Waals surface area contributed by atoms with Gasteiger partial charge in [0.25, 0.3) is 0 Å². The first-order chi connectivity index (χ1) is 10.5. The molecule has 0 aromatic heterocycles. The Hall–Kier alpha value is -2.08. The molecule has 120 valence electrons. The molecule has 22 heavy (non-hydrogen) atoms. The van der Waals surface area contributed by atoms with Crippen molar-refractivity contribution in [3.05, 3.63) is 23.8 Å². The number of anilines is 2. The van der Waals surface area contributed by atoms with Crippen LogP contribution in [-0.4, -0.2) is 37.6 Å². The summed E-state index contributed by atoms with van der Waals surface area (Å²) in [7, 11) is 0. The van der Waals surface area contributed by atoms with Crippen LogP contribution in [0.2, 0.25) is 0 Å². The van der Waals surface area contributed by atoms with E-state index in [9.17, 15) is 9.59 Å². The van der Waals surface area contributed by atoms with Gasteiger partial charge in [-0.15, -0.1) is 0 Å². The lowest BCUT2D eigenvalue weighted by atomic mass is 10.1. The number of hydrogen-bond acceptors (Lipinski definition) is 3. The summed E-state index contributed by atoms with van der Waals surface area (Å²) in [6, 6.07) is 5.94. The normalized spacial score (nSPS) is 14.4. The fourth-order valence-electron chi connectivity index (χ4n) is 2.36. The highest BCUT2D eigenvalue weighted by Gasteiger charge is 2.21. The van der Waals surface area contributed by atoms with Crippen LogP contribution >= 0.6 is 0 Å². The summed E-state index contributed by atoms with van der Waals surface area (Å²) >= 11 is 0. The van der Waals surface area contributed by atoms with Crippen molar-refractivity contribution in [2.45, 2.75) is 33.2 Å². The second kappa shape index (κ2) is 7.26. The molecule has 1 aromatic carbocycles. The van der Waals surface area contributed by atoms with Crippen LogP contribution in [0.4, 0.5) is 16.2 Å². The van der Waals surface area contributed by atoms with Gasteiger partial charge in [-0.25, -0.2) is 4.79 Å². The van der Waals surface area contributed by atoms with Crippen molar-refractivity contribution >= 4 is 23.3 Å². The molecule has 0 spiro atoms. The maximum atomic E-state index is 11.9. The lowest BCUT2D eigenvalue weighted by Crippen LogP contribution is -2.28. The number of nitrogens with zero attached hydrogens (tertiary/aromatic N) is 1. The van der Waals surface area contributed by atoms with Gasteiger partial charge in [0.2, 0.25) is 5.91 Å². The molecule has 0 unspecified atom stereocenters. The van der Waals surface area contributed by atoms with Gasteiger partial charge in [-0.1, -0.05) is 13.8 Å². The van der Waals surface area contributed by atoms with Gasteiger partial charge in [0.05, 0.1) is 0 Å². The zero-order valence-corrected chi connectivity index (χ0v) is 13.4. The SMILES string of the molecule is Cc1cc(N2CCNC2=O)ccc1NC(=O)CCNC(C)C. The molecule has 1 fully saturated rings. The van der Waals surface area contributed by atoms with Crippen LogP contribution in [0.1, 0.15) is 25.8 Å². The maximum Gasteiger partial charge on any atom is 0.321 e. The van der Waals surface area contributed by atoms with E-state index in [0.29, 0.717) is 32.1 Å². The minimum atomic E-state index is -0.0732. The van der Waals surface area contributed by atoms with Crippen LogP contribution in [0.25, 0.3) is 0 Å². The number of hydrogen-bond donors (Lipinski definition) is 3. The standard InChI is InChI=1S/C16H24N4O2/c1-11(2)17-7-6-15(21)19-14-5-4-13(10-12(14)3)20-9-8-18-16(20)22/h4-5,10-11,17H,6-9H2,1-3H3,(H,18,22)(H,19,21). The quantitative estimate of drug-likeness (QED) is 0.751. The third-order valence-corrected chi connectivity index (χ3v) is 3.56. The van der Waals surface area contributed by atoms with Crippen molar-refractivity contribution in [3.63, 3.8) is 0 Å². The van der Waals surface area contributed by atoms with E-state index in [-0.39, 0.29) is 11.9 Å². The van der Waals surface area contributed by atoms with E-state index < -0.39 is 0 Å². The molecule has 0 radical (unpaired) electrons. The Morgan fingerprint density at radius 1 is 1.41 bits per heavy atom. The number of nitrogens with one attached hydrogen (secondary N) is 3. The summed E-state index contributed by atoms with van der Waals surface area (Å²) in [5.41, 5.74) is 2.59. The Kier molecular flexibility index (Phi) is 5.38. The van der Waals surface area contributed by atoms with Crippen molar-refractivity contribution in [2.24, 2.45) is 0 Å². The third kappa shape index (κ3) is 4.21. The topological polar surface area (TPSA) is 73.5 Å². The van der Waals surface area contributed by atoms with E-state index >= 15 is 0 Å². The highest BCUT2D eigenvalue weighted by molar-refractivity contribution is 5.95. The zero-order chi connectivity index (χ0) is 16.1. The molecule has 3 amide bonds. The Labute approximate surface area is 131 Å². The molecule has 6 heteroatoms. The molecule has 1 heterocycles. The van der Waals surface area contributed by atoms with Crippen molar-refractivity contribution < 1.29 is 9.59 Å². The lowest BCUT2D eigenvalue weighted by Gasteiger charge is -2.17. The smallest absolute Gasteiger partial charge is 0.321 e. The third-order valence-electron chi connectivity index (χ3n) is 3.56. The Morgan fingerprint density at radius 2 is 2.18 bits per heavy atom. The van der Waals surface area contributed by atoms with Crippen LogP contribution in [0, 0.1) is 6.92 Å². The zero-order valence-electron chi connectivity index (χ0n) is 13.4. The summed E-state index contributed by atoms with van der Waals surface area (Å²) in [6.07, 6.45) is 0.438. The molecule has 0 atom stereocenters. The van der Waals surface area contributed by atoms with E-state index in [0.717, 1.165) is 16.9 Å². The molecule has 6 nitrogen and oxygen atoms in total. The van der Waals surface area contributed by atoms with Crippen LogP contribution in [-0.2, 0) is 4.79 Å². The Balaban J connectivity index is 1.95. The van der Waals surface area contributed by atoms with Gasteiger partial charge in [-0.3, -0.25) is 9.69 Å². The number of carbonyl (C=O) groups excluding carboxylic acids is 2. The maximum absolute atomic E-state index is 11.9. The van der Waals surface area contributed by atoms with Crippen molar-refractivity contribution in [1.82, 2.24) is 10.6 Å². The average molecular weight is 304 g/mol. The van der Waals surface area contributed by atoms with Crippen molar-refractivity contribution in [1.29, 1.82) is 0 Å². The average Bonchev–Trinajstić information content (AvgIpc) is 2.87. The Morgan fingerprint density at radius 3 is 2.77 bits per heavy atom. The van der Waals surface area contributed by atoms with Gasteiger partial charge in [-0.05, 0) is 30.7 Å². The largest absolute Gasteiger partial charge is 0.336 e. The molecule has 2 rings (SSSR count). The van der Waals surface area contributed by atoms with Crippen LogP contribution in [0.5, 0.6) is 0 Å². The summed E-state index contributed by atoms with van der Waals surface area (Å²) in [5.74, 6) is -0.0112. The van der Waals surface area contributed by atoms with E-state index in [2.05, 4.69) is 29.8 Å². The molecular formula is C16H24N4O2. The predicted molar refractivity (Wildman–Crippen MR) is 88.3 cm³/mol. The van der Waals surface area contributed by atoms with Gasteiger partial charge in [0, 0.05) is 43.5 Å². The number of carbonyl (C=O) groups is 2. The number of amides is 3. The number of rotatable bonds is 6. The summed E-state index contributed by atoms with van der Waals surface area (Å²) in [4.78, 5) is 25.3. The van der Waals surface area contributed by atoms with Crippen LogP contribution in [0.3, 0.4) is 0 Å². The first kappa shape index (κ1) is 16.3.